The van der Waals surface area contributed by atoms with Gasteiger partial charge in [0.25, 0.3) is 5.91 Å². The zero-order valence-electron chi connectivity index (χ0n) is 29.3. The van der Waals surface area contributed by atoms with Gasteiger partial charge in [0.05, 0.1) is 30.1 Å². The molecular weight excluding hydrogens is 676 g/mol. The molecule has 0 saturated heterocycles. The first-order chi connectivity index (χ1) is 25.7. The summed E-state index contributed by atoms with van der Waals surface area (Å²) in [6.45, 7) is 1.70. The molecule has 14 nitrogen and oxygen atoms in total. The van der Waals surface area contributed by atoms with Gasteiger partial charge in [0.1, 0.15) is 0 Å². The minimum absolute atomic E-state index is 0.0755. The third-order valence-corrected chi connectivity index (χ3v) is 9.36. The van der Waals surface area contributed by atoms with Crippen LogP contribution in [0.15, 0.2) is 84.4 Å². The molecule has 0 saturated carbocycles. The number of amides is 5. The van der Waals surface area contributed by atoms with Crippen molar-refractivity contribution in [2.45, 2.75) is 64.0 Å². The fourth-order valence-corrected chi connectivity index (χ4v) is 6.54. The largest absolute Gasteiger partial charge is 0.481 e. The molecule has 0 spiro atoms. The lowest BCUT2D eigenvalue weighted by Gasteiger charge is -2.30. The van der Waals surface area contributed by atoms with E-state index in [4.69, 9.17) is 10.2 Å². The number of pyridine rings is 2. The molecular formula is C39H42N8O6. The minimum atomic E-state index is -1.07. The number of benzene rings is 2. The number of urea groups is 1. The van der Waals surface area contributed by atoms with E-state index >= 15 is 0 Å². The van der Waals surface area contributed by atoms with Crippen molar-refractivity contribution in [1.29, 1.82) is 0 Å². The topological polar surface area (TPSA) is 186 Å². The van der Waals surface area contributed by atoms with Crippen LogP contribution in [0.25, 0.3) is 10.9 Å². The highest BCUT2D eigenvalue weighted by atomic mass is 16.4. The lowest BCUT2D eigenvalue weighted by atomic mass is 9.86. The van der Waals surface area contributed by atoms with Crippen LogP contribution in [0.5, 0.6) is 0 Å². The van der Waals surface area contributed by atoms with E-state index in [0.717, 1.165) is 58.1 Å². The lowest BCUT2D eigenvalue weighted by Crippen LogP contribution is -2.38. The van der Waals surface area contributed by atoms with E-state index < -0.39 is 17.8 Å². The van der Waals surface area contributed by atoms with Crippen LogP contribution >= 0.6 is 0 Å². The Hall–Kier alpha value is -6.18. The lowest BCUT2D eigenvalue weighted by molar-refractivity contribution is -0.138. The van der Waals surface area contributed by atoms with Crippen molar-refractivity contribution in [3.63, 3.8) is 0 Å². The molecule has 2 aliphatic rings. The van der Waals surface area contributed by atoms with Crippen LogP contribution in [0.2, 0.25) is 0 Å². The number of hydrogen-bond acceptors (Lipinski definition) is 8. The number of carboxylic acids is 1. The Morgan fingerprint density at radius 3 is 2.45 bits per heavy atom. The second-order valence-corrected chi connectivity index (χ2v) is 13.1. The molecule has 4 N–H and O–H groups in total. The average molecular weight is 719 g/mol. The maximum absolute atomic E-state index is 14.0. The number of nitrogens with one attached hydrogen (secondary N) is 3. The maximum atomic E-state index is 14.0. The molecule has 4 heterocycles. The number of nitrogens with zero attached hydrogens (tertiary/aromatic N) is 5. The molecule has 14 heteroatoms. The molecule has 2 aromatic carbocycles. The normalized spacial score (nSPS) is 15.1. The standard InChI is InChI=1S/C39H42N8O6/c48-35(14-15-37(50)51)43-23-36(49)42-17-3-1-2-4-20-47-38(52)32(30-7-5-9-33-31(30)8-6-18-41-33)21-34(45-47)26-10-12-29(13-11-26)44-39(53)46-24-27-16-19-40-22-28(27)25-46/h5-13,16,18-19,22,32H,1-4,14-15,17,20-21,23-25H2,(H,42,49)(H,43,48)(H,44,53)(H,50,51). The van der Waals surface area contributed by atoms with E-state index in [1.54, 1.807) is 28.5 Å². The molecule has 5 amide bonds. The number of unbranched alkanes of at least 4 members (excludes halogenated alkanes) is 3. The second kappa shape index (κ2) is 17.4. The molecule has 1 atom stereocenters. The summed E-state index contributed by atoms with van der Waals surface area (Å²) in [5, 5.41) is 24.2. The van der Waals surface area contributed by atoms with Crippen molar-refractivity contribution in [1.82, 2.24) is 30.5 Å². The number of hydrazone groups is 1. The van der Waals surface area contributed by atoms with Crippen LogP contribution in [0.1, 0.15) is 73.1 Å². The van der Waals surface area contributed by atoms with Gasteiger partial charge in [-0.15, -0.1) is 0 Å². The van der Waals surface area contributed by atoms with E-state index in [1.807, 2.05) is 60.7 Å². The number of hydrogen-bond donors (Lipinski definition) is 4. The minimum Gasteiger partial charge on any atom is -0.481 e. The third kappa shape index (κ3) is 9.58. The number of carboxylic acid groups (broad SMARTS) is 1. The first-order valence-corrected chi connectivity index (χ1v) is 17.8. The summed E-state index contributed by atoms with van der Waals surface area (Å²) in [5.74, 6) is -2.42. The van der Waals surface area contributed by atoms with E-state index in [9.17, 15) is 24.0 Å². The van der Waals surface area contributed by atoms with Crippen LogP contribution in [0, 0.1) is 0 Å². The van der Waals surface area contributed by atoms with E-state index in [2.05, 4.69) is 25.9 Å². The molecule has 0 bridgehead atoms. The summed E-state index contributed by atoms with van der Waals surface area (Å²) in [7, 11) is 0. The summed E-state index contributed by atoms with van der Waals surface area (Å²) >= 11 is 0. The van der Waals surface area contributed by atoms with E-state index in [0.29, 0.717) is 44.7 Å². The Labute approximate surface area is 306 Å². The number of fused-ring (bicyclic) bond motifs is 2. The van der Waals surface area contributed by atoms with Gasteiger partial charge in [-0.2, -0.15) is 5.10 Å². The molecule has 2 aromatic heterocycles. The zero-order valence-corrected chi connectivity index (χ0v) is 29.3. The Balaban J connectivity index is 1.06. The molecule has 274 valence electrons. The highest BCUT2D eigenvalue weighted by molar-refractivity contribution is 6.07. The van der Waals surface area contributed by atoms with Crippen LogP contribution in [-0.4, -0.2) is 80.1 Å². The number of aromatic nitrogens is 2. The monoisotopic (exact) mass is 718 g/mol. The average Bonchev–Trinajstić information content (AvgIpc) is 3.61. The quantitative estimate of drug-likeness (QED) is 0.129. The molecule has 1 unspecified atom stereocenters. The van der Waals surface area contributed by atoms with Gasteiger partial charge in [0.15, 0.2) is 0 Å². The van der Waals surface area contributed by atoms with Gasteiger partial charge in [-0.05, 0) is 65.4 Å². The fraction of sp³-hybridized carbons (Fsp3) is 0.333. The van der Waals surface area contributed by atoms with Gasteiger partial charge in [0.2, 0.25) is 11.8 Å². The van der Waals surface area contributed by atoms with Crippen LogP contribution in [-0.2, 0) is 32.3 Å². The number of carbonyl (C=O) groups is 5. The van der Waals surface area contributed by atoms with E-state index in [-0.39, 0.29) is 37.2 Å². The second-order valence-electron chi connectivity index (χ2n) is 13.1. The Kier molecular flexibility index (Phi) is 12.0. The van der Waals surface area contributed by atoms with Crippen molar-refractivity contribution in [2.75, 3.05) is 25.0 Å². The van der Waals surface area contributed by atoms with Gasteiger partial charge < -0.3 is 26.0 Å². The van der Waals surface area contributed by atoms with Crippen molar-refractivity contribution in [3.8, 4) is 0 Å². The Morgan fingerprint density at radius 1 is 0.830 bits per heavy atom. The van der Waals surface area contributed by atoms with Crippen molar-refractivity contribution in [3.05, 3.63) is 102 Å². The first kappa shape index (κ1) is 36.6. The van der Waals surface area contributed by atoms with Gasteiger partial charge >= 0.3 is 12.0 Å². The SMILES string of the molecule is O=C(O)CCC(=O)NCC(=O)NCCCCCCN1N=C(c2ccc(NC(=O)N3Cc4ccncc4C3)cc2)CC(c2cccc3ncccc23)C1=O. The summed E-state index contributed by atoms with van der Waals surface area (Å²) in [6, 6.07) is 19.0. The Morgan fingerprint density at radius 2 is 1.64 bits per heavy atom. The maximum Gasteiger partial charge on any atom is 0.322 e. The fourth-order valence-electron chi connectivity index (χ4n) is 6.54. The molecule has 6 rings (SSSR count). The van der Waals surface area contributed by atoms with Gasteiger partial charge in [-0.1, -0.05) is 43.2 Å². The van der Waals surface area contributed by atoms with Crippen molar-refractivity contribution < 1.29 is 29.1 Å². The summed E-state index contributed by atoms with van der Waals surface area (Å²) in [4.78, 5) is 71.6. The first-order valence-electron chi connectivity index (χ1n) is 17.8. The number of aliphatic carboxylic acids is 1. The predicted molar refractivity (Wildman–Crippen MR) is 198 cm³/mol. The third-order valence-electron chi connectivity index (χ3n) is 9.36. The van der Waals surface area contributed by atoms with Gasteiger partial charge in [0, 0.05) is 68.7 Å². The number of carbonyl (C=O) groups excluding carboxylic acids is 4. The molecule has 2 aliphatic heterocycles. The number of anilines is 1. The molecule has 53 heavy (non-hydrogen) atoms. The van der Waals surface area contributed by atoms with Crippen LogP contribution < -0.4 is 16.0 Å². The molecule has 0 radical (unpaired) electrons. The predicted octanol–water partition coefficient (Wildman–Crippen LogP) is 4.56. The Bertz CT molecular complexity index is 1990. The van der Waals surface area contributed by atoms with Gasteiger partial charge in [-0.3, -0.25) is 29.1 Å². The van der Waals surface area contributed by atoms with Crippen molar-refractivity contribution >= 4 is 52.0 Å². The van der Waals surface area contributed by atoms with E-state index in [1.165, 1.54) is 0 Å². The highest BCUT2D eigenvalue weighted by Crippen LogP contribution is 2.34. The molecule has 4 aromatic rings. The molecule has 0 aliphatic carbocycles. The van der Waals surface area contributed by atoms with Crippen LogP contribution in [0.3, 0.4) is 0 Å². The zero-order chi connectivity index (χ0) is 37.2. The number of rotatable bonds is 15. The van der Waals surface area contributed by atoms with Crippen LogP contribution in [0.4, 0.5) is 10.5 Å². The van der Waals surface area contributed by atoms with Gasteiger partial charge in [-0.25, -0.2) is 9.80 Å². The summed E-state index contributed by atoms with van der Waals surface area (Å²) < 4.78 is 0. The smallest absolute Gasteiger partial charge is 0.322 e. The highest BCUT2D eigenvalue weighted by Gasteiger charge is 2.33. The molecule has 0 fully saturated rings. The summed E-state index contributed by atoms with van der Waals surface area (Å²) in [6.07, 6.45) is 8.28. The summed E-state index contributed by atoms with van der Waals surface area (Å²) in [5.41, 5.74) is 6.15. The van der Waals surface area contributed by atoms with Crippen molar-refractivity contribution in [2.24, 2.45) is 5.10 Å².